The lowest BCUT2D eigenvalue weighted by Crippen LogP contribution is -2.34. The molecule has 0 saturated heterocycles. The number of nitrogens with two attached hydrogens (primary N) is 1. The van der Waals surface area contributed by atoms with E-state index in [0.29, 0.717) is 13.0 Å². The smallest absolute Gasteiger partial charge is 0.246 e. The molecule has 112 valence electrons. The predicted molar refractivity (Wildman–Crippen MR) is 76.5 cm³/mol. The van der Waals surface area contributed by atoms with Crippen LogP contribution in [-0.2, 0) is 16.6 Å². The molecule has 1 aliphatic rings. The van der Waals surface area contributed by atoms with Gasteiger partial charge in [0.25, 0.3) is 0 Å². The van der Waals surface area contributed by atoms with E-state index in [4.69, 9.17) is 17.3 Å². The van der Waals surface area contributed by atoms with Gasteiger partial charge in [-0.05, 0) is 31.4 Å². The van der Waals surface area contributed by atoms with Gasteiger partial charge in [-0.15, -0.1) is 0 Å². The largest absolute Gasteiger partial charge is 0.326 e. The Morgan fingerprint density at radius 3 is 2.60 bits per heavy atom. The minimum absolute atomic E-state index is 0.0142. The van der Waals surface area contributed by atoms with Gasteiger partial charge in [0.2, 0.25) is 10.0 Å². The summed E-state index contributed by atoms with van der Waals surface area (Å²) in [6.45, 7) is 2.19. The third-order valence-electron chi connectivity index (χ3n) is 3.28. The van der Waals surface area contributed by atoms with Gasteiger partial charge in [0.1, 0.15) is 10.7 Å². The summed E-state index contributed by atoms with van der Waals surface area (Å²) in [7, 11) is -3.87. The Morgan fingerprint density at radius 1 is 1.45 bits per heavy atom. The lowest BCUT2D eigenvalue weighted by atomic mass is 10.2. The molecule has 2 N–H and O–H groups in total. The summed E-state index contributed by atoms with van der Waals surface area (Å²) in [4.78, 5) is -0.370. The molecule has 7 heteroatoms. The molecule has 1 aromatic carbocycles. The normalized spacial score (nSPS) is 15.8. The van der Waals surface area contributed by atoms with Gasteiger partial charge in [-0.2, -0.15) is 4.31 Å². The van der Waals surface area contributed by atoms with Crippen molar-refractivity contribution in [2.75, 3.05) is 6.54 Å². The Labute approximate surface area is 123 Å². The summed E-state index contributed by atoms with van der Waals surface area (Å²) in [6.07, 6.45) is 2.33. The van der Waals surface area contributed by atoms with Gasteiger partial charge in [-0.25, -0.2) is 12.8 Å². The Kier molecular flexibility index (Phi) is 4.69. The SMILES string of the molecule is CCCN(C1CC1)S(=O)(=O)c1cc(Cl)cc(CN)c1F. The van der Waals surface area contributed by atoms with Crippen LogP contribution in [0.1, 0.15) is 31.7 Å². The maximum absolute atomic E-state index is 14.3. The highest BCUT2D eigenvalue weighted by molar-refractivity contribution is 7.89. The first-order valence-electron chi connectivity index (χ1n) is 6.61. The molecule has 20 heavy (non-hydrogen) atoms. The monoisotopic (exact) mass is 320 g/mol. The van der Waals surface area contributed by atoms with Crippen LogP contribution in [0.5, 0.6) is 0 Å². The van der Waals surface area contributed by atoms with E-state index in [0.717, 1.165) is 18.9 Å². The number of rotatable bonds is 6. The van der Waals surface area contributed by atoms with E-state index >= 15 is 0 Å². The van der Waals surface area contributed by atoms with Crippen LogP contribution in [-0.4, -0.2) is 25.3 Å². The van der Waals surface area contributed by atoms with Crippen LogP contribution in [0.4, 0.5) is 4.39 Å². The van der Waals surface area contributed by atoms with E-state index in [2.05, 4.69) is 0 Å². The van der Waals surface area contributed by atoms with Crippen molar-refractivity contribution >= 4 is 21.6 Å². The maximum atomic E-state index is 14.3. The van der Waals surface area contributed by atoms with Crippen molar-refractivity contribution < 1.29 is 12.8 Å². The van der Waals surface area contributed by atoms with Crippen molar-refractivity contribution in [1.29, 1.82) is 0 Å². The van der Waals surface area contributed by atoms with Crippen LogP contribution < -0.4 is 5.73 Å². The van der Waals surface area contributed by atoms with E-state index < -0.39 is 15.8 Å². The first-order valence-corrected chi connectivity index (χ1v) is 8.43. The second-order valence-electron chi connectivity index (χ2n) is 4.93. The topological polar surface area (TPSA) is 63.4 Å². The fraction of sp³-hybridized carbons (Fsp3) is 0.538. The second kappa shape index (κ2) is 5.97. The quantitative estimate of drug-likeness (QED) is 0.876. The van der Waals surface area contributed by atoms with Crippen LogP contribution in [0, 0.1) is 5.82 Å². The standard InChI is InChI=1S/C13H18ClFN2O2S/c1-2-5-17(11-3-4-11)20(18,19)12-7-10(14)6-9(8-16)13(12)15/h6-7,11H,2-5,8,16H2,1H3. The Hall–Kier alpha value is -0.690. The van der Waals surface area contributed by atoms with Crippen molar-refractivity contribution in [3.8, 4) is 0 Å². The highest BCUT2D eigenvalue weighted by atomic mass is 35.5. The van der Waals surface area contributed by atoms with Crippen molar-refractivity contribution in [1.82, 2.24) is 4.31 Å². The fourth-order valence-electron chi connectivity index (χ4n) is 2.16. The molecule has 0 aromatic heterocycles. The lowest BCUT2D eigenvalue weighted by molar-refractivity contribution is 0.399. The molecular formula is C13H18ClFN2O2S. The second-order valence-corrected chi connectivity index (χ2v) is 7.22. The summed E-state index contributed by atoms with van der Waals surface area (Å²) in [6, 6.07) is 2.51. The van der Waals surface area contributed by atoms with Gasteiger partial charge in [-0.3, -0.25) is 0 Å². The summed E-state index contributed by atoms with van der Waals surface area (Å²) >= 11 is 5.88. The van der Waals surface area contributed by atoms with Gasteiger partial charge in [0.15, 0.2) is 0 Å². The van der Waals surface area contributed by atoms with E-state index in [1.807, 2.05) is 6.92 Å². The van der Waals surface area contributed by atoms with Crippen LogP contribution in [0.15, 0.2) is 17.0 Å². The predicted octanol–water partition coefficient (Wildman–Crippen LogP) is 2.50. The van der Waals surface area contributed by atoms with E-state index in [-0.39, 0.29) is 28.1 Å². The molecule has 4 nitrogen and oxygen atoms in total. The average molecular weight is 321 g/mol. The Bertz CT molecular complexity index is 603. The molecule has 0 heterocycles. The molecule has 0 radical (unpaired) electrons. The zero-order valence-corrected chi connectivity index (χ0v) is 12.8. The van der Waals surface area contributed by atoms with Crippen LogP contribution >= 0.6 is 11.6 Å². The maximum Gasteiger partial charge on any atom is 0.246 e. The van der Waals surface area contributed by atoms with Gasteiger partial charge >= 0.3 is 0 Å². The number of sulfonamides is 1. The van der Waals surface area contributed by atoms with Crippen LogP contribution in [0.3, 0.4) is 0 Å². The highest BCUT2D eigenvalue weighted by Gasteiger charge is 2.39. The minimum Gasteiger partial charge on any atom is -0.326 e. The molecule has 0 unspecified atom stereocenters. The number of hydrogen-bond donors (Lipinski definition) is 1. The zero-order chi connectivity index (χ0) is 14.9. The summed E-state index contributed by atoms with van der Waals surface area (Å²) in [5, 5.41) is 0.178. The first kappa shape index (κ1) is 15.7. The molecule has 0 aliphatic heterocycles. The molecule has 0 bridgehead atoms. The van der Waals surface area contributed by atoms with E-state index in [1.54, 1.807) is 0 Å². The Morgan fingerprint density at radius 2 is 2.10 bits per heavy atom. The zero-order valence-electron chi connectivity index (χ0n) is 11.3. The van der Waals surface area contributed by atoms with Gasteiger partial charge in [0.05, 0.1) is 0 Å². The van der Waals surface area contributed by atoms with Crippen molar-refractivity contribution in [2.45, 2.75) is 43.7 Å². The molecule has 1 fully saturated rings. The third-order valence-corrected chi connectivity index (χ3v) is 5.45. The third kappa shape index (κ3) is 2.98. The van der Waals surface area contributed by atoms with Gasteiger partial charge < -0.3 is 5.73 Å². The van der Waals surface area contributed by atoms with Crippen LogP contribution in [0.25, 0.3) is 0 Å². The Balaban J connectivity index is 2.50. The summed E-state index contributed by atoms with van der Waals surface area (Å²) in [5.74, 6) is -0.793. The first-order chi connectivity index (χ1) is 9.41. The van der Waals surface area contributed by atoms with Gasteiger partial charge in [-0.1, -0.05) is 18.5 Å². The molecule has 0 amide bonds. The van der Waals surface area contributed by atoms with Crippen molar-refractivity contribution in [2.24, 2.45) is 5.73 Å². The average Bonchev–Trinajstić information content (AvgIpc) is 3.22. The van der Waals surface area contributed by atoms with Crippen molar-refractivity contribution in [3.63, 3.8) is 0 Å². The minimum atomic E-state index is -3.87. The highest BCUT2D eigenvalue weighted by Crippen LogP contribution is 2.34. The number of halogens is 2. The molecule has 1 saturated carbocycles. The molecule has 2 rings (SSSR count). The molecular weight excluding hydrogens is 303 g/mol. The van der Waals surface area contributed by atoms with E-state index in [9.17, 15) is 12.8 Å². The molecule has 1 aliphatic carbocycles. The lowest BCUT2D eigenvalue weighted by Gasteiger charge is -2.22. The van der Waals surface area contributed by atoms with Gasteiger partial charge in [0, 0.05) is 29.7 Å². The summed E-state index contributed by atoms with van der Waals surface area (Å²) < 4.78 is 40.9. The number of hydrogen-bond acceptors (Lipinski definition) is 3. The number of benzene rings is 1. The molecule has 1 aromatic rings. The number of nitrogens with zero attached hydrogens (tertiary/aromatic N) is 1. The summed E-state index contributed by atoms with van der Waals surface area (Å²) in [5.41, 5.74) is 5.55. The fourth-order valence-corrected chi connectivity index (χ4v) is 4.38. The van der Waals surface area contributed by atoms with Crippen molar-refractivity contribution in [3.05, 3.63) is 28.5 Å². The molecule has 0 spiro atoms. The van der Waals surface area contributed by atoms with E-state index in [1.165, 1.54) is 10.4 Å². The molecule has 0 atom stereocenters. The van der Waals surface area contributed by atoms with Crippen LogP contribution in [0.2, 0.25) is 5.02 Å².